The van der Waals surface area contributed by atoms with E-state index in [0.29, 0.717) is 18.9 Å². The predicted octanol–water partition coefficient (Wildman–Crippen LogP) is 1.53. The summed E-state index contributed by atoms with van der Waals surface area (Å²) in [5, 5.41) is 0. The van der Waals surface area contributed by atoms with Crippen LogP contribution in [-0.4, -0.2) is 43.1 Å². The summed E-state index contributed by atoms with van der Waals surface area (Å²) in [7, 11) is 3.23. The van der Waals surface area contributed by atoms with Crippen molar-refractivity contribution in [1.29, 1.82) is 0 Å². The highest BCUT2D eigenvalue weighted by Gasteiger charge is 2.14. The highest BCUT2D eigenvalue weighted by Crippen LogP contribution is 2.16. The minimum Gasteiger partial charge on any atom is -0.497 e. The van der Waals surface area contributed by atoms with E-state index in [1.54, 1.807) is 44.5 Å². The standard InChI is InChI=1S/C16H18N2O4/c1-18(16(20)14-4-3-9-17-15(14)19)10-11-22-13-7-5-12(21-2)6-8-13/h3-9H,10-11H2,1-2H3,(H,17,19). The highest BCUT2D eigenvalue weighted by molar-refractivity contribution is 5.93. The van der Waals surface area contributed by atoms with Crippen LogP contribution in [0.4, 0.5) is 0 Å². The molecule has 0 unspecified atom stereocenters. The monoisotopic (exact) mass is 302 g/mol. The molecule has 1 amide bonds. The lowest BCUT2D eigenvalue weighted by atomic mass is 10.2. The van der Waals surface area contributed by atoms with Gasteiger partial charge in [0.25, 0.3) is 11.5 Å². The number of likely N-dealkylation sites (N-methyl/N-ethyl adjacent to an activating group) is 1. The fraction of sp³-hybridized carbons (Fsp3) is 0.250. The predicted molar refractivity (Wildman–Crippen MR) is 82.5 cm³/mol. The number of pyridine rings is 1. The van der Waals surface area contributed by atoms with Crippen molar-refractivity contribution in [3.05, 3.63) is 58.5 Å². The Balaban J connectivity index is 1.87. The minimum absolute atomic E-state index is 0.120. The smallest absolute Gasteiger partial charge is 0.260 e. The molecule has 116 valence electrons. The third kappa shape index (κ3) is 3.88. The lowest BCUT2D eigenvalue weighted by Gasteiger charge is -2.17. The molecule has 0 aliphatic carbocycles. The molecule has 0 spiro atoms. The van der Waals surface area contributed by atoms with Gasteiger partial charge in [-0.1, -0.05) is 0 Å². The number of carbonyl (C=O) groups excluding carboxylic acids is 1. The number of ether oxygens (including phenoxy) is 2. The van der Waals surface area contributed by atoms with Crippen molar-refractivity contribution in [2.75, 3.05) is 27.3 Å². The quantitative estimate of drug-likeness (QED) is 0.878. The number of rotatable bonds is 6. The Morgan fingerprint density at radius 2 is 1.86 bits per heavy atom. The van der Waals surface area contributed by atoms with Gasteiger partial charge in [0.15, 0.2) is 0 Å². The summed E-state index contributed by atoms with van der Waals surface area (Å²) >= 11 is 0. The zero-order chi connectivity index (χ0) is 15.9. The molecule has 1 aromatic heterocycles. The fourth-order valence-corrected chi connectivity index (χ4v) is 1.87. The molecule has 1 N–H and O–H groups in total. The number of aromatic nitrogens is 1. The van der Waals surface area contributed by atoms with Gasteiger partial charge in [-0.05, 0) is 36.4 Å². The number of amides is 1. The Kier molecular flexibility index (Phi) is 5.19. The van der Waals surface area contributed by atoms with Crippen LogP contribution < -0.4 is 15.0 Å². The van der Waals surface area contributed by atoms with Gasteiger partial charge >= 0.3 is 0 Å². The first-order valence-electron chi connectivity index (χ1n) is 6.82. The number of nitrogens with one attached hydrogen (secondary N) is 1. The van der Waals surface area contributed by atoms with E-state index in [-0.39, 0.29) is 11.5 Å². The fourth-order valence-electron chi connectivity index (χ4n) is 1.87. The van der Waals surface area contributed by atoms with Crippen molar-refractivity contribution in [3.63, 3.8) is 0 Å². The Bertz CT molecular complexity index is 679. The molecule has 22 heavy (non-hydrogen) atoms. The number of hydrogen-bond donors (Lipinski definition) is 1. The third-order valence-electron chi connectivity index (χ3n) is 3.15. The summed E-state index contributed by atoms with van der Waals surface area (Å²) in [6.07, 6.45) is 1.49. The Morgan fingerprint density at radius 1 is 1.18 bits per heavy atom. The third-order valence-corrected chi connectivity index (χ3v) is 3.15. The van der Waals surface area contributed by atoms with Gasteiger partial charge in [0.1, 0.15) is 23.7 Å². The number of H-pyrrole nitrogens is 1. The Labute approximate surface area is 128 Å². The van der Waals surface area contributed by atoms with Crippen LogP contribution in [0.5, 0.6) is 11.5 Å². The first kappa shape index (κ1) is 15.6. The Hall–Kier alpha value is -2.76. The molecule has 2 rings (SSSR count). The highest BCUT2D eigenvalue weighted by atomic mass is 16.5. The van der Waals surface area contributed by atoms with E-state index in [9.17, 15) is 9.59 Å². The number of methoxy groups -OCH3 is 1. The van der Waals surface area contributed by atoms with Gasteiger partial charge < -0.3 is 19.4 Å². The van der Waals surface area contributed by atoms with Gasteiger partial charge in [0.05, 0.1) is 13.7 Å². The zero-order valence-electron chi connectivity index (χ0n) is 12.5. The number of carbonyl (C=O) groups is 1. The molecular weight excluding hydrogens is 284 g/mol. The van der Waals surface area contributed by atoms with Crippen LogP contribution in [-0.2, 0) is 0 Å². The van der Waals surface area contributed by atoms with E-state index in [0.717, 1.165) is 5.75 Å². The van der Waals surface area contributed by atoms with Crippen LogP contribution in [0.25, 0.3) is 0 Å². The van der Waals surface area contributed by atoms with E-state index in [2.05, 4.69) is 4.98 Å². The molecule has 6 nitrogen and oxygen atoms in total. The molecule has 6 heteroatoms. The lowest BCUT2D eigenvalue weighted by Crippen LogP contribution is -2.34. The molecule has 0 saturated heterocycles. The molecule has 0 atom stereocenters. The average molecular weight is 302 g/mol. The second kappa shape index (κ2) is 7.31. The zero-order valence-corrected chi connectivity index (χ0v) is 12.5. The summed E-state index contributed by atoms with van der Waals surface area (Å²) in [5.74, 6) is 1.11. The van der Waals surface area contributed by atoms with E-state index in [1.807, 2.05) is 0 Å². The topological polar surface area (TPSA) is 71.6 Å². The number of nitrogens with zero attached hydrogens (tertiary/aromatic N) is 1. The molecule has 0 bridgehead atoms. The molecule has 0 fully saturated rings. The van der Waals surface area contributed by atoms with Gasteiger partial charge in [-0.2, -0.15) is 0 Å². The summed E-state index contributed by atoms with van der Waals surface area (Å²) in [5.41, 5.74) is -0.273. The maximum absolute atomic E-state index is 12.1. The molecular formula is C16H18N2O4. The minimum atomic E-state index is -0.393. The van der Waals surface area contributed by atoms with Gasteiger partial charge in [0, 0.05) is 13.2 Å². The molecule has 0 aliphatic heterocycles. The maximum Gasteiger partial charge on any atom is 0.260 e. The van der Waals surface area contributed by atoms with Crippen molar-refractivity contribution in [2.45, 2.75) is 0 Å². The van der Waals surface area contributed by atoms with E-state index < -0.39 is 5.56 Å². The molecule has 0 aliphatic rings. The van der Waals surface area contributed by atoms with Crippen molar-refractivity contribution in [1.82, 2.24) is 9.88 Å². The first-order chi connectivity index (χ1) is 10.6. The van der Waals surface area contributed by atoms with E-state index in [1.165, 1.54) is 17.2 Å². The second-order valence-electron chi connectivity index (χ2n) is 4.66. The molecule has 1 aromatic carbocycles. The largest absolute Gasteiger partial charge is 0.497 e. The summed E-state index contributed by atoms with van der Waals surface area (Å²) < 4.78 is 10.6. The van der Waals surface area contributed by atoms with Crippen molar-refractivity contribution in [3.8, 4) is 11.5 Å². The molecule has 0 radical (unpaired) electrons. The van der Waals surface area contributed by atoms with Crippen LogP contribution in [0, 0.1) is 0 Å². The number of hydrogen-bond acceptors (Lipinski definition) is 4. The first-order valence-corrected chi connectivity index (χ1v) is 6.82. The Morgan fingerprint density at radius 3 is 2.50 bits per heavy atom. The summed E-state index contributed by atoms with van der Waals surface area (Å²) in [4.78, 5) is 27.6. The van der Waals surface area contributed by atoms with Gasteiger partial charge in [-0.25, -0.2) is 0 Å². The lowest BCUT2D eigenvalue weighted by molar-refractivity contribution is 0.0772. The van der Waals surface area contributed by atoms with Gasteiger partial charge in [0.2, 0.25) is 0 Å². The van der Waals surface area contributed by atoms with Crippen LogP contribution in [0.3, 0.4) is 0 Å². The van der Waals surface area contributed by atoms with Crippen LogP contribution in [0.15, 0.2) is 47.4 Å². The van der Waals surface area contributed by atoms with Crippen LogP contribution >= 0.6 is 0 Å². The maximum atomic E-state index is 12.1. The molecule has 2 aromatic rings. The van der Waals surface area contributed by atoms with E-state index >= 15 is 0 Å². The number of benzene rings is 1. The second-order valence-corrected chi connectivity index (χ2v) is 4.66. The SMILES string of the molecule is COc1ccc(OCCN(C)C(=O)c2ccc[nH]c2=O)cc1. The van der Waals surface area contributed by atoms with Crippen LogP contribution in [0.1, 0.15) is 10.4 Å². The number of aromatic amines is 1. The van der Waals surface area contributed by atoms with Crippen molar-refractivity contribution >= 4 is 5.91 Å². The average Bonchev–Trinajstić information content (AvgIpc) is 2.55. The summed E-state index contributed by atoms with van der Waals surface area (Å²) in [6.45, 7) is 0.707. The van der Waals surface area contributed by atoms with Gasteiger partial charge in [-0.3, -0.25) is 9.59 Å². The van der Waals surface area contributed by atoms with Crippen LogP contribution in [0.2, 0.25) is 0 Å². The molecule has 1 heterocycles. The molecule has 0 saturated carbocycles. The summed E-state index contributed by atoms with van der Waals surface area (Å²) in [6, 6.07) is 10.3. The van der Waals surface area contributed by atoms with E-state index in [4.69, 9.17) is 9.47 Å². The van der Waals surface area contributed by atoms with Crippen molar-refractivity contribution < 1.29 is 14.3 Å². The normalized spacial score (nSPS) is 10.1. The van der Waals surface area contributed by atoms with Gasteiger partial charge in [-0.15, -0.1) is 0 Å². The van der Waals surface area contributed by atoms with Crippen molar-refractivity contribution in [2.24, 2.45) is 0 Å².